The molecule has 0 radical (unpaired) electrons. The quantitative estimate of drug-likeness (QED) is 0.0195. The molecule has 4 atom stereocenters. The fourth-order valence-electron chi connectivity index (χ4n) is 9.85. The molecular weight excluding hydrogens is 1260 g/mol. The molecule has 0 bridgehead atoms. The number of aliphatic carboxylic acids is 6. The van der Waals surface area contributed by atoms with Crippen LogP contribution in [-0.4, -0.2) is 239 Å². The number of pyridine rings is 1. The van der Waals surface area contributed by atoms with Crippen molar-refractivity contribution in [1.29, 1.82) is 0 Å². The predicted octanol–water partition coefficient (Wildman–Crippen LogP) is -0.420. The van der Waals surface area contributed by atoms with E-state index < -0.39 is 143 Å². The molecule has 4 unspecified atom stereocenters. The minimum absolute atomic E-state index is 0.00743. The maximum Gasteiger partial charge on any atom is 0.323 e. The fraction of sp³-hybridized carbons (Fsp3) is 0.518. The first kappa shape index (κ1) is 75.3. The van der Waals surface area contributed by atoms with Gasteiger partial charge in [0, 0.05) is 75.6 Å². The van der Waals surface area contributed by atoms with Gasteiger partial charge in [-0.15, -0.1) is 0 Å². The summed E-state index contributed by atoms with van der Waals surface area (Å²) < 4.78 is 68.6. The van der Waals surface area contributed by atoms with Crippen LogP contribution < -0.4 is 41.4 Å². The zero-order chi connectivity index (χ0) is 67.6. The van der Waals surface area contributed by atoms with Crippen molar-refractivity contribution in [2.45, 2.75) is 108 Å². The second kappa shape index (κ2) is 36.6. The number of benzene rings is 2. The highest BCUT2D eigenvalue weighted by atomic mass is 32.2. The highest BCUT2D eigenvalue weighted by Gasteiger charge is 2.32. The van der Waals surface area contributed by atoms with Crippen LogP contribution in [-0.2, 0) is 82.6 Å². The number of ether oxygens (including phenoxy) is 1. The number of sulfonamides is 1. The van der Waals surface area contributed by atoms with Crippen LogP contribution in [0.25, 0.3) is 0 Å². The van der Waals surface area contributed by atoms with Gasteiger partial charge in [-0.25, -0.2) is 13.4 Å². The van der Waals surface area contributed by atoms with E-state index in [0.717, 1.165) is 40.7 Å². The Labute approximate surface area is 530 Å². The molecule has 0 saturated heterocycles. The second-order valence-corrected chi connectivity index (χ2v) is 25.2. The highest BCUT2D eigenvalue weighted by molar-refractivity contribution is 7.89. The van der Waals surface area contributed by atoms with E-state index in [1.807, 2.05) is 6.07 Å². The second-order valence-electron chi connectivity index (χ2n) is 21.6. The molecule has 14 N–H and O–H groups in total. The molecule has 2 heterocycles. The summed E-state index contributed by atoms with van der Waals surface area (Å²) in [5.41, 5.74) is 3.24. The normalized spacial score (nSPS) is 13.6. The van der Waals surface area contributed by atoms with Gasteiger partial charge in [-0.2, -0.15) is 13.1 Å². The Kier molecular flexibility index (Phi) is 30.3. The molecule has 1 aliphatic rings. The van der Waals surface area contributed by atoms with Gasteiger partial charge in [0.1, 0.15) is 29.4 Å². The van der Waals surface area contributed by atoms with E-state index in [-0.39, 0.29) is 91.0 Å². The van der Waals surface area contributed by atoms with Gasteiger partial charge in [0.15, 0.2) is 5.11 Å². The molecular formula is C56H79N11O21S3. The molecule has 0 saturated carbocycles. The van der Waals surface area contributed by atoms with Gasteiger partial charge < -0.3 is 67.3 Å². The summed E-state index contributed by atoms with van der Waals surface area (Å²) >= 11 is 5.32. The first-order chi connectivity index (χ1) is 42.8. The van der Waals surface area contributed by atoms with Crippen LogP contribution in [0.4, 0.5) is 11.5 Å². The number of unbranched alkanes of at least 4 members (excludes halogenated alkanes) is 1. The number of thiocarbonyl (C=S) groups is 1. The smallest absolute Gasteiger partial charge is 0.323 e. The van der Waals surface area contributed by atoms with E-state index in [1.165, 1.54) is 67.6 Å². The Morgan fingerprint density at radius 3 is 1.89 bits per heavy atom. The molecule has 1 aliphatic heterocycles. The number of amides is 3. The zero-order valence-electron chi connectivity index (χ0n) is 50.3. The summed E-state index contributed by atoms with van der Waals surface area (Å²) in [5, 5.41) is 73.5. The number of carboxylic acids is 6. The molecule has 32 nitrogen and oxygen atoms in total. The first-order valence-electron chi connectivity index (χ1n) is 28.7. The highest BCUT2D eigenvalue weighted by Crippen LogP contribution is 2.27. The molecule has 2 aromatic carbocycles. The SMILES string of the molecule is Cc1cc(OCCCC(=O)NCCNC(=O)C(CS(=O)(=O)O)NC(=S)Nc2ccc(CC(CN(CC(=O)O)CC(C)N(CC(=O)O)CC(=O)O)N(CC(=O)O)CC(=O)O)cc2)cc(C)c1S(=O)(=O)NC(CNC(=O)CCCCc1ccc2c(n1)NCCC2)C(=O)O. The molecule has 3 aromatic rings. The van der Waals surface area contributed by atoms with Crippen molar-refractivity contribution in [1.82, 2.24) is 45.7 Å². The van der Waals surface area contributed by atoms with Crippen LogP contribution in [0.15, 0.2) is 53.4 Å². The lowest BCUT2D eigenvalue weighted by molar-refractivity contribution is -0.144. The van der Waals surface area contributed by atoms with Crippen LogP contribution in [0, 0.1) is 13.8 Å². The summed E-state index contributed by atoms with van der Waals surface area (Å²) in [6.07, 6.45) is 3.98. The van der Waals surface area contributed by atoms with E-state index >= 15 is 0 Å². The number of carboxylic acid groups (broad SMARTS) is 6. The number of hydrogen-bond donors (Lipinski definition) is 14. The number of hydrogen-bond acceptors (Lipinski definition) is 20. The fourth-order valence-corrected chi connectivity index (χ4v) is 12.4. The van der Waals surface area contributed by atoms with Crippen molar-refractivity contribution in [2.75, 3.05) is 95.0 Å². The third-order valence-electron chi connectivity index (χ3n) is 13.9. The van der Waals surface area contributed by atoms with E-state index in [4.69, 9.17) is 17.0 Å². The predicted molar refractivity (Wildman–Crippen MR) is 331 cm³/mol. The summed E-state index contributed by atoms with van der Waals surface area (Å²) in [6.45, 7) is 0.340. The number of nitrogens with zero attached hydrogens (tertiary/aromatic N) is 4. The van der Waals surface area contributed by atoms with Crippen molar-refractivity contribution < 1.29 is 99.9 Å². The van der Waals surface area contributed by atoms with E-state index in [1.54, 1.807) is 0 Å². The molecule has 4 rings (SSSR count). The Hall–Kier alpha value is -8.19. The maximum atomic E-state index is 13.5. The Morgan fingerprint density at radius 2 is 1.30 bits per heavy atom. The van der Waals surface area contributed by atoms with Crippen LogP contribution in [0.5, 0.6) is 5.75 Å². The van der Waals surface area contributed by atoms with Gasteiger partial charge in [0.25, 0.3) is 10.1 Å². The van der Waals surface area contributed by atoms with Crippen LogP contribution in [0.1, 0.15) is 73.4 Å². The Bertz CT molecular complexity index is 3250. The third kappa shape index (κ3) is 28.3. The average Bonchev–Trinajstić information content (AvgIpc) is 0.844. The lowest BCUT2D eigenvalue weighted by Gasteiger charge is -2.36. The summed E-state index contributed by atoms with van der Waals surface area (Å²) in [4.78, 5) is 117. The molecule has 35 heteroatoms. The molecule has 0 spiro atoms. The molecule has 91 heavy (non-hydrogen) atoms. The maximum absolute atomic E-state index is 13.5. The van der Waals surface area contributed by atoms with Crippen molar-refractivity contribution in [3.05, 3.63) is 76.5 Å². The van der Waals surface area contributed by atoms with Crippen LogP contribution in [0.3, 0.4) is 0 Å². The largest absolute Gasteiger partial charge is 0.494 e. The van der Waals surface area contributed by atoms with Crippen molar-refractivity contribution in [3.8, 4) is 5.75 Å². The number of aromatic nitrogens is 1. The summed E-state index contributed by atoms with van der Waals surface area (Å²) in [5.74, 6) is -10.2. The number of carbonyl (C=O) groups excluding carboxylic acids is 3. The number of aryl methyl sites for hydroxylation is 4. The monoisotopic (exact) mass is 1340 g/mol. The van der Waals surface area contributed by atoms with Gasteiger partial charge in [0.2, 0.25) is 27.7 Å². The number of anilines is 2. The standard InChI is InChI=1S/C56H79N11O21S3/c1-34-22-42(23-35(2)52(34)91(86,87)64-43(55(81)82)25-60-46(69)10-5-4-9-39-17-14-38-8-6-18-58-53(38)61-39)88-21-7-11-45(68)57-19-20-59-54(80)44(33-90(83,84)85)63-56(89)62-40-15-12-37(13-16-40)24-41(67(31-50(76)77)32-51(78)79)27-65(28-47(70)71)26-36(3)66(29-48(72)73)30-49(74)75/h12-17,22-23,36,41,43-44,64H,4-11,18-21,24-33H2,1-3H3,(H,57,68)(H,58,61)(H,59,80)(H,60,69)(H,70,71)(H,72,73)(H,74,75)(H,76,77)(H,78,79)(H,81,82)(H2,62,63,89)(H,83,84,85). The first-order valence-corrected chi connectivity index (χ1v) is 32.2. The zero-order valence-corrected chi connectivity index (χ0v) is 52.8. The van der Waals surface area contributed by atoms with Crippen molar-refractivity contribution in [3.63, 3.8) is 0 Å². The van der Waals surface area contributed by atoms with Crippen molar-refractivity contribution >= 4 is 103 Å². The van der Waals surface area contributed by atoms with Gasteiger partial charge in [-0.05, 0) is 131 Å². The minimum atomic E-state index is -4.79. The lowest BCUT2D eigenvalue weighted by Crippen LogP contribution is -2.53. The van der Waals surface area contributed by atoms with Crippen LogP contribution in [0.2, 0.25) is 0 Å². The number of nitrogens with one attached hydrogen (secondary N) is 7. The topological polar surface area (TPSA) is 480 Å². The van der Waals surface area contributed by atoms with Crippen LogP contribution >= 0.6 is 12.2 Å². The Morgan fingerprint density at radius 1 is 0.714 bits per heavy atom. The Balaban J connectivity index is 1.25. The van der Waals surface area contributed by atoms with E-state index in [2.05, 4.69) is 47.7 Å². The van der Waals surface area contributed by atoms with Gasteiger partial charge in [-0.1, -0.05) is 18.2 Å². The summed E-state index contributed by atoms with van der Waals surface area (Å²) in [7, 11) is -9.22. The number of carbonyl (C=O) groups is 9. The number of fused-ring (bicyclic) bond motifs is 1. The molecule has 502 valence electrons. The average molecular weight is 1340 g/mol. The lowest BCUT2D eigenvalue weighted by atomic mass is 10.0. The van der Waals surface area contributed by atoms with E-state index in [9.17, 15) is 95.2 Å². The van der Waals surface area contributed by atoms with E-state index in [0.29, 0.717) is 24.8 Å². The molecule has 3 amide bonds. The summed E-state index contributed by atoms with van der Waals surface area (Å²) in [6, 6.07) is 7.64. The van der Waals surface area contributed by atoms with Crippen molar-refractivity contribution in [2.24, 2.45) is 0 Å². The molecule has 1 aromatic heterocycles. The molecule has 0 fully saturated rings. The van der Waals surface area contributed by atoms with Gasteiger partial charge in [0.05, 0.1) is 44.2 Å². The van der Waals surface area contributed by atoms with Gasteiger partial charge in [-0.3, -0.25) is 62.4 Å². The van der Waals surface area contributed by atoms with Gasteiger partial charge >= 0.3 is 35.8 Å². The third-order valence-corrected chi connectivity index (χ3v) is 16.7. The minimum Gasteiger partial charge on any atom is -0.494 e. The molecule has 0 aliphatic carbocycles. The number of rotatable bonds is 42.